The topological polar surface area (TPSA) is 78.9 Å². The predicted molar refractivity (Wildman–Crippen MR) is 357 cm³/mol. The summed E-state index contributed by atoms with van der Waals surface area (Å²) in [5, 5.41) is 0. The maximum atomic E-state index is 12.9. The van der Waals surface area contributed by atoms with Crippen molar-refractivity contribution < 1.29 is 28.6 Å². The lowest BCUT2D eigenvalue weighted by molar-refractivity contribution is -0.166. The van der Waals surface area contributed by atoms with Crippen LogP contribution in [-0.2, 0) is 28.6 Å². The molecular formula is C76H126O6. The van der Waals surface area contributed by atoms with E-state index >= 15 is 0 Å². The second-order valence-electron chi connectivity index (χ2n) is 22.3. The van der Waals surface area contributed by atoms with Crippen molar-refractivity contribution in [2.75, 3.05) is 13.2 Å². The van der Waals surface area contributed by atoms with E-state index < -0.39 is 12.1 Å². The maximum Gasteiger partial charge on any atom is 0.306 e. The van der Waals surface area contributed by atoms with Gasteiger partial charge in [-0.3, -0.25) is 14.4 Å². The molecule has 0 fully saturated rings. The molecule has 0 N–H and O–H groups in total. The molecule has 0 amide bonds. The van der Waals surface area contributed by atoms with E-state index in [1.807, 2.05) is 6.08 Å². The Labute approximate surface area is 506 Å². The second-order valence-corrected chi connectivity index (χ2v) is 22.3. The molecule has 0 radical (unpaired) electrons. The highest BCUT2D eigenvalue weighted by atomic mass is 16.6. The Balaban J connectivity index is 4.46. The Morgan fingerprint density at radius 2 is 0.500 bits per heavy atom. The first-order chi connectivity index (χ1) is 40.5. The van der Waals surface area contributed by atoms with Crippen LogP contribution in [0, 0.1) is 0 Å². The Kier molecular flexibility index (Phi) is 65.3. The smallest absolute Gasteiger partial charge is 0.306 e. The molecule has 0 aromatic carbocycles. The summed E-state index contributed by atoms with van der Waals surface area (Å²) >= 11 is 0. The highest BCUT2D eigenvalue weighted by molar-refractivity contribution is 5.71. The first kappa shape index (κ1) is 77.5. The Morgan fingerprint density at radius 3 is 0.793 bits per heavy atom. The van der Waals surface area contributed by atoms with Crippen LogP contribution in [0.5, 0.6) is 0 Å². The van der Waals surface area contributed by atoms with Crippen LogP contribution in [0.25, 0.3) is 0 Å². The predicted octanol–water partition coefficient (Wildman–Crippen LogP) is 23.7. The van der Waals surface area contributed by atoms with E-state index in [1.54, 1.807) is 0 Å². The van der Waals surface area contributed by atoms with Gasteiger partial charge in [-0.25, -0.2) is 0 Å². The largest absolute Gasteiger partial charge is 0.462 e. The SMILES string of the molecule is CC/C=C\C/C=C\C/C=C\C/C=C\C/C=C\C/C=C\CCC(=O)OC(COC(=O)CCCCC/C=C\C/C=C\C/C=C\C/C=C\C/C=C\CC)COC(=O)CCCCCCCCCCCCCCCCCCCCCCCCCCCC. The molecule has 0 aliphatic carbocycles. The normalized spacial score (nSPS) is 13.0. The van der Waals surface area contributed by atoms with Gasteiger partial charge in [0.05, 0.1) is 0 Å². The van der Waals surface area contributed by atoms with E-state index in [0.29, 0.717) is 19.3 Å². The van der Waals surface area contributed by atoms with E-state index in [2.05, 4.69) is 148 Å². The minimum absolute atomic E-state index is 0.121. The van der Waals surface area contributed by atoms with E-state index in [9.17, 15) is 14.4 Å². The maximum absolute atomic E-state index is 12.9. The summed E-state index contributed by atoms with van der Waals surface area (Å²) in [5.41, 5.74) is 0. The Morgan fingerprint density at radius 1 is 0.256 bits per heavy atom. The zero-order chi connectivity index (χ0) is 59.2. The molecule has 0 saturated carbocycles. The fourth-order valence-corrected chi connectivity index (χ4v) is 9.38. The summed E-state index contributed by atoms with van der Waals surface area (Å²) in [6.07, 6.45) is 97.8. The van der Waals surface area contributed by atoms with Crippen LogP contribution < -0.4 is 0 Å². The van der Waals surface area contributed by atoms with Crippen LogP contribution in [0.2, 0.25) is 0 Å². The number of carbonyl (C=O) groups is 3. The minimum atomic E-state index is -0.838. The van der Waals surface area contributed by atoms with Crippen LogP contribution in [0.3, 0.4) is 0 Å². The minimum Gasteiger partial charge on any atom is -0.462 e. The summed E-state index contributed by atoms with van der Waals surface area (Å²) < 4.78 is 16.9. The highest BCUT2D eigenvalue weighted by Crippen LogP contribution is 2.17. The van der Waals surface area contributed by atoms with E-state index in [0.717, 1.165) is 116 Å². The zero-order valence-electron chi connectivity index (χ0n) is 53.5. The molecular weight excluding hydrogens is 1010 g/mol. The van der Waals surface area contributed by atoms with Crippen molar-refractivity contribution in [2.24, 2.45) is 0 Å². The lowest BCUT2D eigenvalue weighted by Crippen LogP contribution is -2.30. The van der Waals surface area contributed by atoms with E-state index in [4.69, 9.17) is 14.2 Å². The van der Waals surface area contributed by atoms with Crippen LogP contribution in [0.1, 0.15) is 310 Å². The van der Waals surface area contributed by atoms with Gasteiger partial charge in [0, 0.05) is 19.3 Å². The Bertz CT molecular complexity index is 1730. The molecule has 0 aromatic rings. The van der Waals surface area contributed by atoms with Crippen LogP contribution in [0.4, 0.5) is 0 Å². The molecule has 0 bridgehead atoms. The number of rotatable bonds is 61. The van der Waals surface area contributed by atoms with Gasteiger partial charge >= 0.3 is 17.9 Å². The van der Waals surface area contributed by atoms with Crippen LogP contribution in [-0.4, -0.2) is 37.2 Å². The van der Waals surface area contributed by atoms with Crippen LogP contribution >= 0.6 is 0 Å². The lowest BCUT2D eigenvalue weighted by atomic mass is 10.0. The molecule has 0 aromatic heterocycles. The molecule has 1 unspecified atom stereocenters. The third-order valence-electron chi connectivity index (χ3n) is 14.4. The van der Waals surface area contributed by atoms with Crippen molar-refractivity contribution in [3.05, 3.63) is 134 Å². The van der Waals surface area contributed by atoms with Crippen molar-refractivity contribution in [3.8, 4) is 0 Å². The summed E-state index contributed by atoms with van der Waals surface area (Å²) in [7, 11) is 0. The number of allylic oxidation sites excluding steroid dienone is 22. The van der Waals surface area contributed by atoms with Crippen molar-refractivity contribution in [2.45, 2.75) is 316 Å². The van der Waals surface area contributed by atoms with Gasteiger partial charge in [0.2, 0.25) is 0 Å². The molecule has 0 aliphatic heterocycles. The molecule has 0 aliphatic rings. The lowest BCUT2D eigenvalue weighted by Gasteiger charge is -2.18. The molecule has 0 rings (SSSR count). The fraction of sp³-hybridized carbons (Fsp3) is 0.671. The van der Waals surface area contributed by atoms with Crippen molar-refractivity contribution in [1.29, 1.82) is 0 Å². The molecule has 82 heavy (non-hydrogen) atoms. The molecule has 0 spiro atoms. The quantitative estimate of drug-likeness (QED) is 0.0261. The van der Waals surface area contributed by atoms with Gasteiger partial charge in [-0.2, -0.15) is 0 Å². The average molecular weight is 1140 g/mol. The van der Waals surface area contributed by atoms with E-state index in [1.165, 1.54) is 148 Å². The third-order valence-corrected chi connectivity index (χ3v) is 14.4. The summed E-state index contributed by atoms with van der Waals surface area (Å²) in [6.45, 7) is 6.35. The average Bonchev–Trinajstić information content (AvgIpc) is 3.48. The second kappa shape index (κ2) is 69.0. The number of esters is 3. The zero-order valence-corrected chi connectivity index (χ0v) is 53.5. The van der Waals surface area contributed by atoms with Gasteiger partial charge in [0.1, 0.15) is 13.2 Å². The van der Waals surface area contributed by atoms with Crippen molar-refractivity contribution in [3.63, 3.8) is 0 Å². The van der Waals surface area contributed by atoms with Gasteiger partial charge in [-0.05, 0) is 103 Å². The van der Waals surface area contributed by atoms with Gasteiger partial charge in [-0.15, -0.1) is 0 Å². The van der Waals surface area contributed by atoms with Gasteiger partial charge in [0.25, 0.3) is 0 Å². The molecule has 1 atom stereocenters. The number of carbonyl (C=O) groups excluding carboxylic acids is 3. The number of hydrogen-bond donors (Lipinski definition) is 0. The Hall–Kier alpha value is -4.45. The highest BCUT2D eigenvalue weighted by Gasteiger charge is 2.19. The monoisotopic (exact) mass is 1130 g/mol. The van der Waals surface area contributed by atoms with Gasteiger partial charge in [0.15, 0.2) is 6.10 Å². The molecule has 0 saturated heterocycles. The standard InChI is InChI=1S/C76H126O6/c1-4-7-10-13-16-19-22-25-28-31-34-35-36-37-38-39-40-43-45-48-51-54-57-60-63-66-69-75(78)81-72-73(82-76(79)70-67-64-61-58-55-52-49-46-42-33-30-27-24-21-18-15-12-9-6-3)71-80-74(77)68-65-62-59-56-53-50-47-44-41-32-29-26-23-20-17-14-11-8-5-2/h8-9,11-12,17-18,20-21,26-27,29-30,41-42,44,46,50,52-53,55,61,64,73H,4-7,10,13-16,19,22-25,28,31-40,43,45,47-49,51,54,56-60,62-63,65-72H2,1-3H3/b11-8-,12-9-,20-17-,21-18-,29-26-,30-27-,44-41-,46-42-,53-50-,55-52-,64-61-. The first-order valence-corrected chi connectivity index (χ1v) is 34.2. The molecule has 6 nitrogen and oxygen atoms in total. The van der Waals surface area contributed by atoms with Crippen LogP contribution in [0.15, 0.2) is 134 Å². The summed E-state index contributed by atoms with van der Waals surface area (Å²) in [5.74, 6) is -1.03. The summed E-state index contributed by atoms with van der Waals surface area (Å²) in [4.78, 5) is 38.4. The van der Waals surface area contributed by atoms with E-state index in [-0.39, 0.29) is 31.6 Å². The third kappa shape index (κ3) is 66.4. The van der Waals surface area contributed by atoms with Gasteiger partial charge < -0.3 is 14.2 Å². The molecule has 0 heterocycles. The van der Waals surface area contributed by atoms with Crippen molar-refractivity contribution in [1.82, 2.24) is 0 Å². The summed E-state index contributed by atoms with van der Waals surface area (Å²) in [6, 6.07) is 0. The first-order valence-electron chi connectivity index (χ1n) is 34.2. The number of unbranched alkanes of at least 4 members (excludes halogenated alkanes) is 28. The van der Waals surface area contributed by atoms with Gasteiger partial charge in [-0.1, -0.05) is 321 Å². The number of ether oxygens (including phenoxy) is 3. The molecule has 6 heteroatoms. The van der Waals surface area contributed by atoms with Crippen molar-refractivity contribution >= 4 is 17.9 Å². The fourth-order valence-electron chi connectivity index (χ4n) is 9.38. The molecule has 466 valence electrons. The number of hydrogen-bond acceptors (Lipinski definition) is 6.